The Morgan fingerprint density at radius 1 is 0.679 bits per heavy atom. The second-order valence-corrected chi connectivity index (χ2v) is 10.1. The fourth-order valence-corrected chi connectivity index (χ4v) is 3.96. The van der Waals surface area contributed by atoms with Crippen LogP contribution in [-0.4, -0.2) is 29.4 Å². The molecule has 0 rings (SSSR count). The molecule has 2 atom stereocenters. The van der Waals surface area contributed by atoms with E-state index in [9.17, 15) is 18.1 Å². The minimum atomic E-state index is -4.17. The minimum Gasteiger partial charge on any atom is -0.748 e. The third-order valence-electron chi connectivity index (χ3n) is 5.53. The molecule has 0 saturated heterocycles. The van der Waals surface area contributed by atoms with E-state index in [0.717, 1.165) is 12.8 Å². The molecule has 0 aromatic rings. The molecule has 164 valence electrons. The molecular weight excluding hydrogens is 383 g/mol. The van der Waals surface area contributed by atoms with Crippen LogP contribution in [0.1, 0.15) is 129 Å². The van der Waals surface area contributed by atoms with Crippen LogP contribution >= 0.6 is 0 Å². The Bertz CT molecular complexity index is 415. The van der Waals surface area contributed by atoms with E-state index in [1.807, 2.05) is 0 Å². The van der Waals surface area contributed by atoms with E-state index < -0.39 is 15.4 Å². The summed E-state index contributed by atoms with van der Waals surface area (Å²) in [5, 5.41) is 9.09. The van der Waals surface area contributed by atoms with Gasteiger partial charge in [-0.1, -0.05) is 96.8 Å². The van der Waals surface area contributed by atoms with Gasteiger partial charge in [-0.2, -0.15) is 0 Å². The van der Waals surface area contributed by atoms with Crippen molar-refractivity contribution in [2.45, 2.75) is 141 Å². The van der Waals surface area contributed by atoms with Gasteiger partial charge in [0.05, 0.1) is 16.2 Å². The third kappa shape index (κ3) is 21.6. The van der Waals surface area contributed by atoms with E-state index in [1.54, 1.807) is 0 Å². The molecule has 0 aromatic carbocycles. The van der Waals surface area contributed by atoms with Crippen molar-refractivity contribution in [3.05, 3.63) is 0 Å². The van der Waals surface area contributed by atoms with Gasteiger partial charge in [0.1, 0.15) is 0 Å². The van der Waals surface area contributed by atoms with Crippen molar-refractivity contribution in [2.24, 2.45) is 0 Å². The topological polar surface area (TPSA) is 77.4 Å². The van der Waals surface area contributed by atoms with Gasteiger partial charge >= 0.3 is 29.6 Å². The molecule has 28 heavy (non-hydrogen) atoms. The SMILES string of the molecule is CCCCCCCCCCCCCCCCC(O)CCCC(C)S(=O)(=O)[O-].[Na+]. The van der Waals surface area contributed by atoms with E-state index in [4.69, 9.17) is 0 Å². The second-order valence-electron chi connectivity index (χ2n) is 8.27. The molecular formula is C22H45NaO4S. The predicted octanol–water partition coefficient (Wildman–Crippen LogP) is 3.33. The van der Waals surface area contributed by atoms with Crippen LogP contribution in [0.2, 0.25) is 0 Å². The zero-order valence-corrected chi connectivity index (χ0v) is 21.8. The standard InChI is InChI=1S/C22H46O4S.Na/c1-3-4-5-6-7-8-9-10-11-12-13-14-15-16-19-22(23)20-17-18-21(2)27(24,25)26;/h21-23H,3-20H2,1-2H3,(H,24,25,26);/q;+1/p-1. The van der Waals surface area contributed by atoms with Crippen LogP contribution in [0, 0.1) is 0 Å². The van der Waals surface area contributed by atoms with Gasteiger partial charge in [0.15, 0.2) is 0 Å². The van der Waals surface area contributed by atoms with E-state index in [-0.39, 0.29) is 35.7 Å². The maximum atomic E-state index is 10.8. The summed E-state index contributed by atoms with van der Waals surface area (Å²) in [6, 6.07) is 0. The second kappa shape index (κ2) is 21.1. The summed E-state index contributed by atoms with van der Waals surface area (Å²) in [5.41, 5.74) is 0. The molecule has 0 fully saturated rings. The number of unbranched alkanes of at least 4 members (excludes halogenated alkanes) is 13. The third-order valence-corrected chi connectivity index (χ3v) is 6.75. The summed E-state index contributed by atoms with van der Waals surface area (Å²) in [5.74, 6) is 0. The molecule has 1 N–H and O–H groups in total. The zero-order valence-electron chi connectivity index (χ0n) is 19.0. The summed E-state index contributed by atoms with van der Waals surface area (Å²) in [6.07, 6.45) is 20.5. The summed E-state index contributed by atoms with van der Waals surface area (Å²) in [7, 11) is -4.17. The number of hydrogen-bond donors (Lipinski definition) is 1. The fraction of sp³-hybridized carbons (Fsp3) is 1.00. The van der Waals surface area contributed by atoms with Crippen LogP contribution in [0.15, 0.2) is 0 Å². The van der Waals surface area contributed by atoms with Crippen molar-refractivity contribution in [2.75, 3.05) is 0 Å². The van der Waals surface area contributed by atoms with Crippen LogP contribution in [0.4, 0.5) is 0 Å². The molecule has 0 aromatic heterocycles. The average molecular weight is 429 g/mol. The largest absolute Gasteiger partial charge is 1.00 e. The summed E-state index contributed by atoms with van der Waals surface area (Å²) in [4.78, 5) is 0. The Morgan fingerprint density at radius 2 is 1.04 bits per heavy atom. The normalized spacial score (nSPS) is 13.9. The fourth-order valence-electron chi connectivity index (χ4n) is 3.50. The van der Waals surface area contributed by atoms with Gasteiger partial charge in [-0.15, -0.1) is 0 Å². The summed E-state index contributed by atoms with van der Waals surface area (Å²) >= 11 is 0. The van der Waals surface area contributed by atoms with Gasteiger partial charge in [0, 0.05) is 5.25 Å². The Balaban J connectivity index is 0. The van der Waals surface area contributed by atoms with Gasteiger partial charge in [0.2, 0.25) is 0 Å². The summed E-state index contributed by atoms with van der Waals surface area (Å²) in [6.45, 7) is 3.71. The first-order chi connectivity index (χ1) is 12.9. The van der Waals surface area contributed by atoms with Crippen LogP contribution in [0.25, 0.3) is 0 Å². The first kappa shape index (κ1) is 31.1. The summed E-state index contributed by atoms with van der Waals surface area (Å²) < 4.78 is 32.4. The Morgan fingerprint density at radius 3 is 1.43 bits per heavy atom. The van der Waals surface area contributed by atoms with Gasteiger partial charge in [0.25, 0.3) is 0 Å². The molecule has 2 unspecified atom stereocenters. The van der Waals surface area contributed by atoms with E-state index in [2.05, 4.69) is 6.92 Å². The average Bonchev–Trinajstić information content (AvgIpc) is 2.61. The van der Waals surface area contributed by atoms with Crippen molar-refractivity contribution in [3.8, 4) is 0 Å². The van der Waals surface area contributed by atoms with E-state index >= 15 is 0 Å². The smallest absolute Gasteiger partial charge is 0.748 e. The number of hydrogen-bond acceptors (Lipinski definition) is 4. The number of rotatable bonds is 20. The first-order valence-electron chi connectivity index (χ1n) is 11.5. The van der Waals surface area contributed by atoms with Crippen molar-refractivity contribution >= 4 is 10.1 Å². The maximum Gasteiger partial charge on any atom is 1.00 e. The molecule has 0 spiro atoms. The molecule has 0 radical (unpaired) electrons. The van der Waals surface area contributed by atoms with Gasteiger partial charge in [-0.05, 0) is 32.6 Å². The van der Waals surface area contributed by atoms with E-state index in [1.165, 1.54) is 90.4 Å². The molecule has 6 heteroatoms. The molecule has 0 amide bonds. The van der Waals surface area contributed by atoms with Gasteiger partial charge < -0.3 is 9.66 Å². The Hall–Kier alpha value is 0.870. The molecule has 0 bridgehead atoms. The molecule has 0 aliphatic rings. The minimum absolute atomic E-state index is 0. The number of aliphatic hydroxyl groups is 1. The van der Waals surface area contributed by atoms with Gasteiger partial charge in [-0.3, -0.25) is 0 Å². The predicted molar refractivity (Wildman–Crippen MR) is 114 cm³/mol. The first-order valence-corrected chi connectivity index (χ1v) is 13.0. The van der Waals surface area contributed by atoms with Crippen molar-refractivity contribution in [1.29, 1.82) is 0 Å². The van der Waals surface area contributed by atoms with Crippen molar-refractivity contribution in [3.63, 3.8) is 0 Å². The zero-order chi connectivity index (χ0) is 20.4. The van der Waals surface area contributed by atoms with Crippen molar-refractivity contribution < 1.29 is 47.6 Å². The quantitative estimate of drug-likeness (QED) is 0.183. The van der Waals surface area contributed by atoms with Crippen LogP contribution in [0.3, 0.4) is 0 Å². The van der Waals surface area contributed by atoms with Gasteiger partial charge in [-0.25, -0.2) is 8.42 Å². The molecule has 0 saturated carbocycles. The number of aliphatic hydroxyl groups excluding tert-OH is 1. The molecule has 0 aliphatic heterocycles. The van der Waals surface area contributed by atoms with Crippen LogP contribution < -0.4 is 29.6 Å². The molecule has 4 nitrogen and oxygen atoms in total. The maximum absolute atomic E-state index is 10.8. The Labute approximate surface area is 197 Å². The van der Waals surface area contributed by atoms with Crippen LogP contribution in [-0.2, 0) is 10.1 Å². The molecule has 0 aliphatic carbocycles. The molecule has 0 heterocycles. The van der Waals surface area contributed by atoms with Crippen molar-refractivity contribution in [1.82, 2.24) is 0 Å². The monoisotopic (exact) mass is 428 g/mol. The van der Waals surface area contributed by atoms with Crippen LogP contribution in [0.5, 0.6) is 0 Å². The Kier molecular flexibility index (Phi) is 23.4. The van der Waals surface area contributed by atoms with E-state index in [0.29, 0.717) is 19.3 Å².